The van der Waals surface area contributed by atoms with Gasteiger partial charge in [-0.2, -0.15) is 10.2 Å². The molecule has 25 heavy (non-hydrogen) atoms. The van der Waals surface area contributed by atoms with E-state index in [1.807, 2.05) is 36.4 Å². The second kappa shape index (κ2) is 7.00. The summed E-state index contributed by atoms with van der Waals surface area (Å²) in [5, 5.41) is 14.4. The van der Waals surface area contributed by atoms with Gasteiger partial charge in [0.25, 0.3) is 0 Å². The predicted octanol–water partition coefficient (Wildman–Crippen LogP) is 2.22. The molecule has 0 saturated heterocycles. The molecule has 4 heterocycles. The van der Waals surface area contributed by atoms with Gasteiger partial charge in [-0.25, -0.2) is 9.97 Å². The lowest BCUT2D eigenvalue weighted by Gasteiger charge is -1.95. The molecular formula is C17H16N8. The Hall–Kier alpha value is -3.42. The van der Waals surface area contributed by atoms with Crippen LogP contribution in [0.4, 0.5) is 0 Å². The zero-order valence-corrected chi connectivity index (χ0v) is 13.4. The molecule has 0 aromatic carbocycles. The van der Waals surface area contributed by atoms with Crippen LogP contribution in [0.5, 0.6) is 0 Å². The number of nitrogens with one attached hydrogen (secondary N) is 2. The minimum atomic E-state index is 0.618. The van der Waals surface area contributed by atoms with Crippen LogP contribution in [0.2, 0.25) is 0 Å². The quantitative estimate of drug-likeness (QED) is 0.560. The van der Waals surface area contributed by atoms with E-state index in [0.717, 1.165) is 42.3 Å². The van der Waals surface area contributed by atoms with Gasteiger partial charge >= 0.3 is 0 Å². The minimum Gasteiger partial charge on any atom is -0.263 e. The third-order valence-corrected chi connectivity index (χ3v) is 3.68. The summed E-state index contributed by atoms with van der Waals surface area (Å²) in [5.41, 5.74) is 1.53. The van der Waals surface area contributed by atoms with Gasteiger partial charge in [-0.1, -0.05) is 12.1 Å². The Morgan fingerprint density at radius 2 is 1.20 bits per heavy atom. The summed E-state index contributed by atoms with van der Waals surface area (Å²) in [6.07, 6.45) is 5.90. The van der Waals surface area contributed by atoms with E-state index in [0.29, 0.717) is 11.6 Å². The Balaban J connectivity index is 1.34. The molecule has 2 N–H and O–H groups in total. The van der Waals surface area contributed by atoms with E-state index in [2.05, 4.69) is 40.3 Å². The van der Waals surface area contributed by atoms with Crippen LogP contribution < -0.4 is 0 Å². The third-order valence-electron chi connectivity index (χ3n) is 3.68. The van der Waals surface area contributed by atoms with Gasteiger partial charge in [-0.15, -0.1) is 0 Å². The molecule has 4 rings (SSSR count). The summed E-state index contributed by atoms with van der Waals surface area (Å²) in [4.78, 5) is 17.5. The number of H-pyrrole nitrogens is 2. The largest absolute Gasteiger partial charge is 0.263 e. The fourth-order valence-corrected chi connectivity index (χ4v) is 2.46. The van der Waals surface area contributed by atoms with Gasteiger partial charge in [0.05, 0.1) is 0 Å². The SMILES string of the molecule is c1ccc(-c2n[nH]c(CCCc3nc(-c4ccccn4)n[nH]3)n2)nc1. The van der Waals surface area contributed by atoms with Crippen LogP contribution in [0.15, 0.2) is 48.8 Å². The van der Waals surface area contributed by atoms with E-state index >= 15 is 0 Å². The lowest BCUT2D eigenvalue weighted by molar-refractivity contribution is 0.744. The molecule has 4 aromatic rings. The van der Waals surface area contributed by atoms with E-state index in [-0.39, 0.29) is 0 Å². The Bertz CT molecular complexity index is 852. The van der Waals surface area contributed by atoms with Crippen molar-refractivity contribution in [2.75, 3.05) is 0 Å². The molecule has 8 heteroatoms. The van der Waals surface area contributed by atoms with Crippen molar-refractivity contribution < 1.29 is 0 Å². The van der Waals surface area contributed by atoms with E-state index in [1.165, 1.54) is 0 Å². The van der Waals surface area contributed by atoms with E-state index in [4.69, 9.17) is 0 Å². The third kappa shape index (κ3) is 3.57. The minimum absolute atomic E-state index is 0.618. The average molecular weight is 332 g/mol. The van der Waals surface area contributed by atoms with Gasteiger partial charge < -0.3 is 0 Å². The summed E-state index contributed by atoms with van der Waals surface area (Å²) in [6.45, 7) is 0. The monoisotopic (exact) mass is 332 g/mol. The first kappa shape index (κ1) is 15.1. The number of aromatic amines is 2. The molecule has 0 radical (unpaired) electrons. The number of hydrogen-bond acceptors (Lipinski definition) is 6. The van der Waals surface area contributed by atoms with Gasteiger partial charge in [-0.05, 0) is 30.7 Å². The Morgan fingerprint density at radius 3 is 1.64 bits per heavy atom. The van der Waals surface area contributed by atoms with Gasteiger partial charge in [-0.3, -0.25) is 20.2 Å². The summed E-state index contributed by atoms with van der Waals surface area (Å²) in [7, 11) is 0. The standard InChI is InChI=1S/C17H16N8/c1-3-10-18-12(6-1)16-20-14(22-24-16)8-5-9-15-21-17(25-23-15)13-7-2-4-11-19-13/h1-4,6-7,10-11H,5,8-9H2,(H,20,22,24)(H,21,23,25). The highest BCUT2D eigenvalue weighted by Gasteiger charge is 2.09. The van der Waals surface area contributed by atoms with E-state index in [9.17, 15) is 0 Å². The summed E-state index contributed by atoms with van der Waals surface area (Å²) in [5.74, 6) is 2.91. The highest BCUT2D eigenvalue weighted by atomic mass is 15.2. The second-order valence-electron chi connectivity index (χ2n) is 5.49. The van der Waals surface area contributed by atoms with Crippen molar-refractivity contribution in [3.05, 3.63) is 60.4 Å². The van der Waals surface area contributed by atoms with Crippen molar-refractivity contribution in [3.8, 4) is 23.0 Å². The number of nitrogens with zero attached hydrogens (tertiary/aromatic N) is 6. The maximum Gasteiger partial charge on any atom is 0.199 e. The fraction of sp³-hybridized carbons (Fsp3) is 0.176. The van der Waals surface area contributed by atoms with Crippen LogP contribution in [0.1, 0.15) is 18.1 Å². The number of aromatic nitrogens is 8. The summed E-state index contributed by atoms with van der Waals surface area (Å²) >= 11 is 0. The molecule has 0 bridgehead atoms. The fourth-order valence-electron chi connectivity index (χ4n) is 2.46. The molecule has 8 nitrogen and oxygen atoms in total. The van der Waals surface area contributed by atoms with Crippen LogP contribution in [0.25, 0.3) is 23.0 Å². The smallest absolute Gasteiger partial charge is 0.199 e. The number of rotatable bonds is 6. The molecule has 0 aliphatic rings. The first-order chi connectivity index (χ1) is 12.4. The summed E-state index contributed by atoms with van der Waals surface area (Å²) in [6, 6.07) is 11.4. The van der Waals surface area contributed by atoms with Gasteiger partial charge in [0, 0.05) is 25.2 Å². The lowest BCUT2D eigenvalue weighted by Crippen LogP contribution is -1.94. The zero-order valence-electron chi connectivity index (χ0n) is 13.4. The first-order valence-electron chi connectivity index (χ1n) is 8.04. The van der Waals surface area contributed by atoms with Gasteiger partial charge in [0.15, 0.2) is 11.6 Å². The average Bonchev–Trinajstić information content (AvgIpc) is 3.33. The lowest BCUT2D eigenvalue weighted by atomic mass is 10.2. The Morgan fingerprint density at radius 1 is 0.680 bits per heavy atom. The van der Waals surface area contributed by atoms with Crippen molar-refractivity contribution in [2.45, 2.75) is 19.3 Å². The van der Waals surface area contributed by atoms with Crippen molar-refractivity contribution in [2.24, 2.45) is 0 Å². The molecule has 0 unspecified atom stereocenters. The molecule has 0 aliphatic carbocycles. The molecule has 0 amide bonds. The van der Waals surface area contributed by atoms with Gasteiger partial charge in [0.1, 0.15) is 23.0 Å². The van der Waals surface area contributed by atoms with Crippen LogP contribution in [-0.4, -0.2) is 40.3 Å². The molecular weight excluding hydrogens is 316 g/mol. The Kier molecular flexibility index (Phi) is 4.23. The second-order valence-corrected chi connectivity index (χ2v) is 5.49. The van der Waals surface area contributed by atoms with E-state index in [1.54, 1.807) is 12.4 Å². The van der Waals surface area contributed by atoms with Crippen molar-refractivity contribution in [3.63, 3.8) is 0 Å². The van der Waals surface area contributed by atoms with Crippen LogP contribution in [0.3, 0.4) is 0 Å². The number of hydrogen-bond donors (Lipinski definition) is 2. The highest BCUT2D eigenvalue weighted by molar-refractivity contribution is 5.48. The molecule has 0 spiro atoms. The van der Waals surface area contributed by atoms with Crippen LogP contribution >= 0.6 is 0 Å². The Labute approximate surface area is 143 Å². The summed E-state index contributed by atoms with van der Waals surface area (Å²) < 4.78 is 0. The molecule has 0 aliphatic heterocycles. The molecule has 0 atom stereocenters. The normalized spacial score (nSPS) is 10.9. The number of aryl methyl sites for hydroxylation is 2. The predicted molar refractivity (Wildman–Crippen MR) is 91.3 cm³/mol. The van der Waals surface area contributed by atoms with Crippen molar-refractivity contribution in [1.29, 1.82) is 0 Å². The maximum absolute atomic E-state index is 4.48. The van der Waals surface area contributed by atoms with Crippen molar-refractivity contribution >= 4 is 0 Å². The first-order valence-corrected chi connectivity index (χ1v) is 8.04. The van der Waals surface area contributed by atoms with Crippen LogP contribution in [-0.2, 0) is 12.8 Å². The zero-order chi connectivity index (χ0) is 16.9. The molecule has 124 valence electrons. The van der Waals surface area contributed by atoms with Gasteiger partial charge in [0.2, 0.25) is 0 Å². The molecule has 0 saturated carbocycles. The van der Waals surface area contributed by atoms with Crippen LogP contribution in [0, 0.1) is 0 Å². The molecule has 0 fully saturated rings. The van der Waals surface area contributed by atoms with E-state index < -0.39 is 0 Å². The number of pyridine rings is 2. The highest BCUT2D eigenvalue weighted by Crippen LogP contribution is 2.13. The topological polar surface area (TPSA) is 109 Å². The maximum atomic E-state index is 4.48. The molecule has 4 aromatic heterocycles. The van der Waals surface area contributed by atoms with Crippen molar-refractivity contribution in [1.82, 2.24) is 40.3 Å².